The van der Waals surface area contributed by atoms with E-state index in [1.54, 1.807) is 61.7 Å². The maximum absolute atomic E-state index is 14.1. The fourth-order valence-corrected chi connectivity index (χ4v) is 5.90. The summed E-state index contributed by atoms with van der Waals surface area (Å²) in [6.07, 6.45) is 0.641. The quantitative estimate of drug-likeness (QED) is 0.541. The standard InChI is InChI=1S/C24H23NO5S/c1-24(23(28-2)29-3)22(31(26,27)17-11-5-4-6-12-17)21(19-14-9-10-16-25-19)18-13-7-8-15-20(18)30-24/h4-16,23H,1-3H3. The predicted octanol–water partition coefficient (Wildman–Crippen LogP) is 4.08. The van der Waals surface area contributed by atoms with Crippen LogP contribution in [0.25, 0.3) is 5.57 Å². The van der Waals surface area contributed by atoms with Crippen molar-refractivity contribution >= 4 is 15.4 Å². The maximum atomic E-state index is 14.1. The van der Waals surface area contributed by atoms with E-state index in [0.29, 0.717) is 22.6 Å². The van der Waals surface area contributed by atoms with E-state index < -0.39 is 21.7 Å². The van der Waals surface area contributed by atoms with Gasteiger partial charge in [-0.25, -0.2) is 8.42 Å². The van der Waals surface area contributed by atoms with Gasteiger partial charge in [-0.15, -0.1) is 0 Å². The Labute approximate surface area is 182 Å². The van der Waals surface area contributed by atoms with Gasteiger partial charge in [0, 0.05) is 31.6 Å². The average molecular weight is 438 g/mol. The third kappa shape index (κ3) is 3.54. The van der Waals surface area contributed by atoms with Gasteiger partial charge in [-0.3, -0.25) is 4.98 Å². The van der Waals surface area contributed by atoms with Crippen LogP contribution in [0.1, 0.15) is 18.2 Å². The molecule has 1 aromatic heterocycles. The zero-order valence-corrected chi connectivity index (χ0v) is 18.3. The molecule has 7 heteroatoms. The number of methoxy groups -OCH3 is 2. The molecule has 0 N–H and O–H groups in total. The second-order valence-electron chi connectivity index (χ2n) is 7.24. The molecule has 31 heavy (non-hydrogen) atoms. The molecular weight excluding hydrogens is 414 g/mol. The minimum Gasteiger partial charge on any atom is -0.476 e. The van der Waals surface area contributed by atoms with Crippen molar-refractivity contribution in [3.8, 4) is 5.75 Å². The van der Waals surface area contributed by atoms with Crippen molar-refractivity contribution in [2.24, 2.45) is 0 Å². The summed E-state index contributed by atoms with van der Waals surface area (Å²) in [5.41, 5.74) is 0.149. The summed E-state index contributed by atoms with van der Waals surface area (Å²) in [5, 5.41) is 0. The molecule has 2 aromatic carbocycles. The minimum absolute atomic E-state index is 0.0392. The zero-order chi connectivity index (χ0) is 22.1. The minimum atomic E-state index is -4.02. The summed E-state index contributed by atoms with van der Waals surface area (Å²) in [6.45, 7) is 1.67. The molecule has 2 heterocycles. The van der Waals surface area contributed by atoms with Crippen LogP contribution >= 0.6 is 0 Å². The monoisotopic (exact) mass is 437 g/mol. The van der Waals surface area contributed by atoms with Gasteiger partial charge in [-0.1, -0.05) is 42.5 Å². The van der Waals surface area contributed by atoms with Gasteiger partial charge in [0.2, 0.25) is 16.1 Å². The lowest BCUT2D eigenvalue weighted by atomic mass is 9.90. The molecule has 0 spiro atoms. The highest BCUT2D eigenvalue weighted by Crippen LogP contribution is 2.48. The Kier molecular flexibility index (Phi) is 5.66. The molecule has 6 nitrogen and oxygen atoms in total. The van der Waals surface area contributed by atoms with E-state index >= 15 is 0 Å². The molecule has 1 unspecified atom stereocenters. The Morgan fingerprint density at radius 3 is 2.19 bits per heavy atom. The van der Waals surface area contributed by atoms with Crippen molar-refractivity contribution < 1.29 is 22.6 Å². The third-order valence-electron chi connectivity index (χ3n) is 5.28. The van der Waals surface area contributed by atoms with Crippen molar-refractivity contribution in [1.82, 2.24) is 4.98 Å². The first-order valence-corrected chi connectivity index (χ1v) is 11.2. The molecule has 1 aliphatic heterocycles. The summed E-state index contributed by atoms with van der Waals surface area (Å²) in [6, 6.07) is 21.0. The van der Waals surface area contributed by atoms with Crippen LogP contribution in [-0.4, -0.2) is 39.5 Å². The summed E-state index contributed by atoms with van der Waals surface area (Å²) in [4.78, 5) is 4.67. The number of nitrogens with zero attached hydrogens (tertiary/aromatic N) is 1. The molecule has 160 valence electrons. The van der Waals surface area contributed by atoms with Crippen LogP contribution in [0.3, 0.4) is 0 Å². The molecule has 1 aliphatic rings. The Hall–Kier alpha value is -3.00. The van der Waals surface area contributed by atoms with E-state index in [1.807, 2.05) is 24.3 Å². The second kappa shape index (κ2) is 8.26. The van der Waals surface area contributed by atoms with Crippen LogP contribution in [0.15, 0.2) is 88.8 Å². The molecule has 0 aliphatic carbocycles. The lowest BCUT2D eigenvalue weighted by Gasteiger charge is -2.42. The number of hydrogen-bond acceptors (Lipinski definition) is 6. The molecule has 3 aromatic rings. The average Bonchev–Trinajstić information content (AvgIpc) is 2.80. The molecule has 0 amide bonds. The smallest absolute Gasteiger partial charge is 0.207 e. The van der Waals surface area contributed by atoms with Gasteiger partial charge < -0.3 is 14.2 Å². The number of para-hydroxylation sites is 1. The van der Waals surface area contributed by atoms with Crippen molar-refractivity contribution in [2.75, 3.05) is 14.2 Å². The molecular formula is C24H23NO5S. The van der Waals surface area contributed by atoms with E-state index in [2.05, 4.69) is 4.98 Å². The van der Waals surface area contributed by atoms with Gasteiger partial charge in [-0.2, -0.15) is 0 Å². The molecule has 0 bridgehead atoms. The number of aromatic nitrogens is 1. The van der Waals surface area contributed by atoms with Crippen molar-refractivity contribution in [2.45, 2.75) is 23.7 Å². The van der Waals surface area contributed by atoms with Gasteiger partial charge in [-0.05, 0) is 37.3 Å². The largest absolute Gasteiger partial charge is 0.476 e. The van der Waals surface area contributed by atoms with Crippen LogP contribution in [0.4, 0.5) is 0 Å². The first-order chi connectivity index (χ1) is 14.9. The van der Waals surface area contributed by atoms with Crippen LogP contribution in [-0.2, 0) is 19.3 Å². The number of hydrogen-bond donors (Lipinski definition) is 0. The summed E-state index contributed by atoms with van der Waals surface area (Å²) >= 11 is 0. The SMILES string of the molecule is COC(OC)C1(C)Oc2ccccc2C(c2ccccn2)=C1S(=O)(=O)c1ccccc1. The lowest BCUT2D eigenvalue weighted by Crippen LogP contribution is -2.52. The summed E-state index contributed by atoms with van der Waals surface area (Å²) in [7, 11) is -1.11. The lowest BCUT2D eigenvalue weighted by molar-refractivity contribution is -0.182. The van der Waals surface area contributed by atoms with Gasteiger partial charge in [0.05, 0.1) is 10.6 Å². The van der Waals surface area contributed by atoms with Crippen LogP contribution in [0.2, 0.25) is 0 Å². The molecule has 0 radical (unpaired) electrons. The fraction of sp³-hybridized carbons (Fsp3) is 0.208. The zero-order valence-electron chi connectivity index (χ0n) is 17.5. The van der Waals surface area contributed by atoms with E-state index in [-0.39, 0.29) is 9.80 Å². The van der Waals surface area contributed by atoms with E-state index in [4.69, 9.17) is 14.2 Å². The number of sulfone groups is 1. The summed E-state index contributed by atoms with van der Waals surface area (Å²) < 4.78 is 45.5. The Bertz CT molecular complexity index is 1200. The van der Waals surface area contributed by atoms with Gasteiger partial charge in [0.25, 0.3) is 0 Å². The topological polar surface area (TPSA) is 74.7 Å². The number of pyridine rings is 1. The van der Waals surface area contributed by atoms with E-state index in [1.165, 1.54) is 14.2 Å². The van der Waals surface area contributed by atoms with Gasteiger partial charge in [0.15, 0.2) is 5.60 Å². The highest BCUT2D eigenvalue weighted by Gasteiger charge is 2.52. The predicted molar refractivity (Wildman–Crippen MR) is 117 cm³/mol. The third-order valence-corrected chi connectivity index (χ3v) is 7.32. The van der Waals surface area contributed by atoms with Crippen molar-refractivity contribution in [3.05, 3.63) is 95.2 Å². The Morgan fingerprint density at radius 2 is 1.55 bits per heavy atom. The fourth-order valence-electron chi connectivity index (χ4n) is 3.99. The second-order valence-corrected chi connectivity index (χ2v) is 9.13. The maximum Gasteiger partial charge on any atom is 0.207 e. The highest BCUT2D eigenvalue weighted by atomic mass is 32.2. The Balaban J connectivity index is 2.15. The van der Waals surface area contributed by atoms with Gasteiger partial charge >= 0.3 is 0 Å². The normalized spacial score (nSPS) is 18.6. The summed E-state index contributed by atoms with van der Waals surface area (Å²) in [5.74, 6) is 0.525. The van der Waals surface area contributed by atoms with Crippen LogP contribution in [0, 0.1) is 0 Å². The molecule has 0 saturated carbocycles. The van der Waals surface area contributed by atoms with Crippen molar-refractivity contribution in [3.63, 3.8) is 0 Å². The molecule has 4 rings (SSSR count). The number of fused-ring (bicyclic) bond motifs is 1. The molecule has 1 atom stereocenters. The molecule has 0 fully saturated rings. The number of benzene rings is 2. The first kappa shape index (κ1) is 21.2. The Morgan fingerprint density at radius 1 is 0.903 bits per heavy atom. The molecule has 0 saturated heterocycles. The van der Waals surface area contributed by atoms with Crippen LogP contribution < -0.4 is 4.74 Å². The van der Waals surface area contributed by atoms with E-state index in [0.717, 1.165) is 0 Å². The van der Waals surface area contributed by atoms with E-state index in [9.17, 15) is 8.42 Å². The van der Waals surface area contributed by atoms with Crippen LogP contribution in [0.5, 0.6) is 5.75 Å². The first-order valence-electron chi connectivity index (χ1n) is 9.73. The number of rotatable bonds is 6. The number of ether oxygens (including phenoxy) is 3. The van der Waals surface area contributed by atoms with Crippen molar-refractivity contribution in [1.29, 1.82) is 0 Å². The van der Waals surface area contributed by atoms with Gasteiger partial charge in [0.1, 0.15) is 10.7 Å². The highest BCUT2D eigenvalue weighted by molar-refractivity contribution is 7.95.